The lowest BCUT2D eigenvalue weighted by Gasteiger charge is -2.12. The number of non-ortho nitro benzene ring substituents is 1. The molecule has 0 unspecified atom stereocenters. The Morgan fingerprint density at radius 2 is 1.59 bits per heavy atom. The molecule has 4 aromatic carbocycles. The first-order valence-corrected chi connectivity index (χ1v) is 13.3. The van der Waals surface area contributed by atoms with Crippen molar-refractivity contribution in [2.75, 3.05) is 18.2 Å². The molecule has 206 valence electrons. The van der Waals surface area contributed by atoms with Crippen LogP contribution in [0.2, 0.25) is 0 Å². The Balaban J connectivity index is 1.48. The molecular formula is C31H25N3O6S. The molecule has 0 heterocycles. The third-order valence-electron chi connectivity index (χ3n) is 5.80. The summed E-state index contributed by atoms with van der Waals surface area (Å²) in [6.45, 7) is 0. The summed E-state index contributed by atoms with van der Waals surface area (Å²) in [7, 11) is 1.56. The number of ketones is 1. The summed E-state index contributed by atoms with van der Waals surface area (Å²) in [5, 5.41) is 16.5. The number of ether oxygens (including phenoxy) is 1. The van der Waals surface area contributed by atoms with Crippen molar-refractivity contribution in [3.8, 4) is 5.75 Å². The fourth-order valence-corrected chi connectivity index (χ4v) is 4.55. The van der Waals surface area contributed by atoms with Crippen LogP contribution in [0.25, 0.3) is 6.08 Å². The molecule has 0 radical (unpaired) electrons. The Morgan fingerprint density at radius 3 is 2.29 bits per heavy atom. The fourth-order valence-electron chi connectivity index (χ4n) is 3.70. The number of Topliss-reactive ketones (excluding diaryl/α,β-unsaturated/α-hetero) is 1. The number of carbonyl (C=O) groups excluding carboxylic acids is 3. The lowest BCUT2D eigenvalue weighted by Crippen LogP contribution is -2.30. The van der Waals surface area contributed by atoms with Crippen LogP contribution in [0, 0.1) is 10.1 Å². The number of rotatable bonds is 11. The van der Waals surface area contributed by atoms with E-state index in [1.165, 1.54) is 36.0 Å². The molecule has 0 aliphatic heterocycles. The van der Waals surface area contributed by atoms with Crippen LogP contribution in [0.3, 0.4) is 0 Å². The molecule has 0 spiro atoms. The van der Waals surface area contributed by atoms with Gasteiger partial charge in [0.1, 0.15) is 11.4 Å². The van der Waals surface area contributed by atoms with Crippen LogP contribution >= 0.6 is 11.8 Å². The van der Waals surface area contributed by atoms with Crippen LogP contribution in [0.4, 0.5) is 11.4 Å². The monoisotopic (exact) mass is 567 g/mol. The second-order valence-corrected chi connectivity index (χ2v) is 9.70. The minimum atomic E-state index is -0.546. The molecule has 0 aromatic heterocycles. The van der Waals surface area contributed by atoms with Gasteiger partial charge in [-0.3, -0.25) is 24.5 Å². The van der Waals surface area contributed by atoms with Gasteiger partial charge in [-0.05, 0) is 54.1 Å². The molecule has 10 heteroatoms. The van der Waals surface area contributed by atoms with Crippen molar-refractivity contribution < 1.29 is 24.0 Å². The molecule has 0 aliphatic carbocycles. The van der Waals surface area contributed by atoms with Crippen LogP contribution in [-0.4, -0.2) is 35.4 Å². The van der Waals surface area contributed by atoms with Crippen LogP contribution in [0.5, 0.6) is 5.75 Å². The predicted molar refractivity (Wildman–Crippen MR) is 158 cm³/mol. The quantitative estimate of drug-likeness (QED) is 0.0749. The molecule has 4 rings (SSSR count). The third kappa shape index (κ3) is 8.13. The summed E-state index contributed by atoms with van der Waals surface area (Å²) in [6, 6.07) is 28.0. The largest absolute Gasteiger partial charge is 0.497 e. The second-order valence-electron chi connectivity index (χ2n) is 8.65. The van der Waals surface area contributed by atoms with Crippen LogP contribution < -0.4 is 15.4 Å². The van der Waals surface area contributed by atoms with E-state index in [4.69, 9.17) is 4.74 Å². The Labute approximate surface area is 240 Å². The highest BCUT2D eigenvalue weighted by molar-refractivity contribution is 8.00. The van der Waals surface area contributed by atoms with Gasteiger partial charge in [-0.2, -0.15) is 0 Å². The SMILES string of the molecule is COc1ccc(/C=C(\NC(=O)c2ccccc2)C(=O)Nc2cccc(SCC(=O)c3cccc([N+](=O)[O-])c3)c2)cc1. The number of anilines is 1. The molecule has 4 aromatic rings. The van der Waals surface area contributed by atoms with E-state index in [9.17, 15) is 24.5 Å². The van der Waals surface area contributed by atoms with Gasteiger partial charge in [-0.15, -0.1) is 11.8 Å². The molecule has 0 saturated carbocycles. The molecule has 2 amide bonds. The summed E-state index contributed by atoms with van der Waals surface area (Å²) in [5.41, 5.74) is 1.66. The van der Waals surface area contributed by atoms with Gasteiger partial charge in [-0.25, -0.2) is 0 Å². The smallest absolute Gasteiger partial charge is 0.272 e. The lowest BCUT2D eigenvalue weighted by atomic mass is 10.1. The van der Waals surface area contributed by atoms with Crippen LogP contribution in [0.1, 0.15) is 26.3 Å². The molecule has 0 fully saturated rings. The molecule has 0 atom stereocenters. The molecule has 0 aliphatic rings. The van der Waals surface area contributed by atoms with Gasteiger partial charge in [0.25, 0.3) is 17.5 Å². The van der Waals surface area contributed by atoms with E-state index in [1.54, 1.807) is 92.0 Å². The van der Waals surface area contributed by atoms with Crippen molar-refractivity contribution in [3.05, 3.63) is 136 Å². The van der Waals surface area contributed by atoms with E-state index in [2.05, 4.69) is 10.6 Å². The number of nitro benzene ring substituents is 1. The zero-order valence-corrected chi connectivity index (χ0v) is 22.7. The van der Waals surface area contributed by atoms with Gasteiger partial charge < -0.3 is 15.4 Å². The van der Waals surface area contributed by atoms with Gasteiger partial charge in [0, 0.05) is 33.8 Å². The minimum Gasteiger partial charge on any atom is -0.497 e. The van der Waals surface area contributed by atoms with Gasteiger partial charge in [0.05, 0.1) is 17.8 Å². The minimum absolute atomic E-state index is 0.0305. The van der Waals surface area contributed by atoms with Crippen molar-refractivity contribution in [3.63, 3.8) is 0 Å². The van der Waals surface area contributed by atoms with E-state index in [0.717, 1.165) is 0 Å². The maximum Gasteiger partial charge on any atom is 0.272 e. The maximum absolute atomic E-state index is 13.3. The first-order valence-electron chi connectivity index (χ1n) is 12.4. The van der Waals surface area contributed by atoms with Gasteiger partial charge in [0.15, 0.2) is 5.78 Å². The third-order valence-corrected chi connectivity index (χ3v) is 6.79. The zero-order chi connectivity index (χ0) is 29.2. The van der Waals surface area contributed by atoms with Crippen LogP contribution in [-0.2, 0) is 4.79 Å². The predicted octanol–water partition coefficient (Wildman–Crippen LogP) is 5.99. The Morgan fingerprint density at radius 1 is 0.878 bits per heavy atom. The Hall–Kier alpha value is -5.22. The number of carbonyl (C=O) groups is 3. The average molecular weight is 568 g/mol. The van der Waals surface area contributed by atoms with Crippen molar-refractivity contribution in [2.24, 2.45) is 0 Å². The number of amides is 2. The number of nitro groups is 1. The molecule has 41 heavy (non-hydrogen) atoms. The van der Waals surface area contributed by atoms with E-state index in [1.807, 2.05) is 0 Å². The Kier molecular flexibility index (Phi) is 9.63. The first kappa shape index (κ1) is 28.8. The van der Waals surface area contributed by atoms with E-state index < -0.39 is 16.7 Å². The molecule has 0 bridgehead atoms. The number of nitrogens with zero attached hydrogens (tertiary/aromatic N) is 1. The van der Waals surface area contributed by atoms with Crippen LogP contribution in [0.15, 0.2) is 114 Å². The van der Waals surface area contributed by atoms with E-state index in [0.29, 0.717) is 27.5 Å². The van der Waals surface area contributed by atoms with Gasteiger partial charge in [0.2, 0.25) is 0 Å². The van der Waals surface area contributed by atoms with Gasteiger partial charge in [-0.1, -0.05) is 48.5 Å². The number of methoxy groups -OCH3 is 1. The average Bonchev–Trinajstić information content (AvgIpc) is 3.00. The summed E-state index contributed by atoms with van der Waals surface area (Å²) >= 11 is 1.23. The molecule has 9 nitrogen and oxygen atoms in total. The number of thioether (sulfide) groups is 1. The van der Waals surface area contributed by atoms with Crippen molar-refractivity contribution in [2.45, 2.75) is 4.90 Å². The number of hydrogen-bond donors (Lipinski definition) is 2. The summed E-state index contributed by atoms with van der Waals surface area (Å²) in [4.78, 5) is 50.0. The number of benzene rings is 4. The molecule has 0 saturated heterocycles. The highest BCUT2D eigenvalue weighted by atomic mass is 32.2. The standard InChI is InChI=1S/C31H25N3O6S/c1-40-26-15-13-21(14-16-26)17-28(33-30(36)22-7-3-2-4-8-22)31(37)32-24-10-6-12-27(19-24)41-20-29(35)23-9-5-11-25(18-23)34(38)39/h2-19H,20H2,1H3,(H,32,37)(H,33,36)/b28-17-. The topological polar surface area (TPSA) is 128 Å². The second kappa shape index (κ2) is 13.7. The normalized spacial score (nSPS) is 10.9. The number of hydrogen-bond acceptors (Lipinski definition) is 7. The summed E-state index contributed by atoms with van der Waals surface area (Å²) in [6.07, 6.45) is 1.56. The Bertz CT molecular complexity index is 1600. The lowest BCUT2D eigenvalue weighted by molar-refractivity contribution is -0.384. The summed E-state index contributed by atoms with van der Waals surface area (Å²) in [5.74, 6) is -0.542. The highest BCUT2D eigenvalue weighted by Crippen LogP contribution is 2.24. The number of nitrogens with one attached hydrogen (secondary N) is 2. The first-order chi connectivity index (χ1) is 19.8. The summed E-state index contributed by atoms with van der Waals surface area (Å²) < 4.78 is 5.19. The van der Waals surface area contributed by atoms with Gasteiger partial charge >= 0.3 is 0 Å². The van der Waals surface area contributed by atoms with E-state index >= 15 is 0 Å². The highest BCUT2D eigenvalue weighted by Gasteiger charge is 2.16. The molecule has 2 N–H and O–H groups in total. The molecular weight excluding hydrogens is 542 g/mol. The van der Waals surface area contributed by atoms with Crippen molar-refractivity contribution in [1.29, 1.82) is 0 Å². The van der Waals surface area contributed by atoms with Crippen molar-refractivity contribution >= 4 is 46.8 Å². The fraction of sp³-hybridized carbons (Fsp3) is 0.0645. The van der Waals surface area contributed by atoms with Crippen molar-refractivity contribution in [1.82, 2.24) is 5.32 Å². The van der Waals surface area contributed by atoms with E-state index in [-0.39, 0.29) is 28.5 Å². The maximum atomic E-state index is 13.3. The zero-order valence-electron chi connectivity index (χ0n) is 21.9.